The average Bonchev–Trinajstić information content (AvgIpc) is 2.88. The van der Waals surface area contributed by atoms with Crippen molar-refractivity contribution >= 4 is 10.0 Å². The maximum absolute atomic E-state index is 12.5. The molecule has 1 heterocycles. The van der Waals surface area contributed by atoms with Crippen LogP contribution in [0.15, 0.2) is 41.7 Å². The van der Waals surface area contributed by atoms with Gasteiger partial charge in [-0.3, -0.25) is 0 Å². The van der Waals surface area contributed by atoms with Gasteiger partial charge in [0.15, 0.2) is 0 Å². The Morgan fingerprint density at radius 1 is 1.40 bits per heavy atom. The number of terminal acetylenes is 1. The zero-order chi connectivity index (χ0) is 14.8. The molecule has 1 aromatic carbocycles. The summed E-state index contributed by atoms with van der Waals surface area (Å²) in [4.78, 5) is 3.99. The maximum Gasteiger partial charge on any atom is 0.269 e. The minimum atomic E-state index is -3.72. The summed E-state index contributed by atoms with van der Waals surface area (Å²) >= 11 is 0. The van der Waals surface area contributed by atoms with Crippen LogP contribution in [0, 0.1) is 19.3 Å². The van der Waals surface area contributed by atoms with Gasteiger partial charge in [0.05, 0.1) is 10.6 Å². The first kappa shape index (κ1) is 14.3. The number of hydrogen-bond donors (Lipinski definition) is 1. The van der Waals surface area contributed by atoms with Gasteiger partial charge in [-0.2, -0.15) is 0 Å². The van der Waals surface area contributed by atoms with E-state index in [0.717, 1.165) is 9.54 Å². The van der Waals surface area contributed by atoms with E-state index in [2.05, 4.69) is 10.9 Å². The molecule has 0 aliphatic carbocycles. The van der Waals surface area contributed by atoms with Crippen LogP contribution in [0.1, 0.15) is 11.3 Å². The highest BCUT2D eigenvalue weighted by Crippen LogP contribution is 2.17. The van der Waals surface area contributed by atoms with Crippen LogP contribution in [-0.4, -0.2) is 28.6 Å². The third kappa shape index (κ3) is 2.74. The Hall–Kier alpha value is -2.10. The van der Waals surface area contributed by atoms with Crippen LogP contribution in [0.25, 0.3) is 0 Å². The van der Waals surface area contributed by atoms with Crippen molar-refractivity contribution in [3.8, 4) is 12.3 Å². The highest BCUT2D eigenvalue weighted by molar-refractivity contribution is 7.90. The first-order valence-corrected chi connectivity index (χ1v) is 7.37. The summed E-state index contributed by atoms with van der Waals surface area (Å²) in [6.45, 7) is 1.88. The summed E-state index contributed by atoms with van der Waals surface area (Å²) < 4.78 is 26.0. The van der Waals surface area contributed by atoms with Gasteiger partial charge in [0.2, 0.25) is 0 Å². The van der Waals surface area contributed by atoms with Crippen molar-refractivity contribution in [3.05, 3.63) is 48.0 Å². The normalized spacial score (nSPS) is 12.8. The third-order valence-corrected chi connectivity index (χ3v) is 4.57. The fourth-order valence-electron chi connectivity index (χ4n) is 1.75. The molecule has 1 N–H and O–H groups in total. The van der Waals surface area contributed by atoms with Gasteiger partial charge in [0.25, 0.3) is 10.0 Å². The van der Waals surface area contributed by atoms with Crippen LogP contribution in [-0.2, 0) is 16.4 Å². The minimum absolute atomic E-state index is 0.0294. The second-order valence-corrected chi connectivity index (χ2v) is 6.20. The minimum Gasteiger partial charge on any atom is -0.380 e. The Labute approximate surface area is 118 Å². The molecule has 5 nitrogen and oxygen atoms in total. The first-order chi connectivity index (χ1) is 9.45. The Balaban J connectivity index is 2.43. The molecule has 1 unspecified atom stereocenters. The van der Waals surface area contributed by atoms with Gasteiger partial charge in [-0.05, 0) is 19.1 Å². The van der Waals surface area contributed by atoms with Crippen LogP contribution < -0.4 is 0 Å². The maximum atomic E-state index is 12.5. The molecule has 0 saturated carbocycles. The topological polar surface area (TPSA) is 72.2 Å². The van der Waals surface area contributed by atoms with E-state index in [0.29, 0.717) is 5.69 Å². The number of benzene rings is 1. The number of hydrogen-bond acceptors (Lipinski definition) is 4. The van der Waals surface area contributed by atoms with E-state index in [4.69, 9.17) is 6.42 Å². The van der Waals surface area contributed by atoms with E-state index >= 15 is 0 Å². The lowest BCUT2D eigenvalue weighted by Crippen LogP contribution is -2.18. The largest absolute Gasteiger partial charge is 0.380 e. The quantitative estimate of drug-likeness (QED) is 0.852. The molecular formula is C14H14N2O3S. The predicted molar refractivity (Wildman–Crippen MR) is 74.5 cm³/mol. The summed E-state index contributed by atoms with van der Waals surface area (Å²) in [6, 6.07) is 6.51. The van der Waals surface area contributed by atoms with Crippen molar-refractivity contribution in [1.29, 1.82) is 0 Å². The van der Waals surface area contributed by atoms with E-state index in [9.17, 15) is 13.5 Å². The lowest BCUT2D eigenvalue weighted by atomic mass is 10.2. The molecule has 2 rings (SSSR count). The standard InChI is InChI=1S/C14H14N2O3S/c1-3-13(17)8-12-9-15-10-16(12)20(18,19)14-6-4-11(2)5-7-14/h1,4-7,9-10,13,17H,8H2,2H3. The number of rotatable bonds is 4. The molecule has 0 saturated heterocycles. The molecule has 0 spiro atoms. The predicted octanol–water partition coefficient (Wildman–Crippen LogP) is 0.965. The zero-order valence-electron chi connectivity index (χ0n) is 10.9. The van der Waals surface area contributed by atoms with E-state index in [1.54, 1.807) is 12.1 Å². The number of aliphatic hydroxyl groups is 1. The van der Waals surface area contributed by atoms with Crippen molar-refractivity contribution < 1.29 is 13.5 Å². The molecule has 0 fully saturated rings. The Morgan fingerprint density at radius 3 is 2.65 bits per heavy atom. The Bertz CT molecular complexity index is 739. The van der Waals surface area contributed by atoms with Crippen molar-refractivity contribution in [1.82, 2.24) is 8.96 Å². The van der Waals surface area contributed by atoms with Gasteiger partial charge in [-0.1, -0.05) is 23.6 Å². The van der Waals surface area contributed by atoms with Gasteiger partial charge < -0.3 is 5.11 Å². The summed E-state index contributed by atoms with van der Waals surface area (Å²) in [5.41, 5.74) is 1.31. The van der Waals surface area contributed by atoms with Crippen molar-refractivity contribution in [2.45, 2.75) is 24.3 Å². The van der Waals surface area contributed by atoms with Gasteiger partial charge >= 0.3 is 0 Å². The Kier molecular flexibility index (Phi) is 3.93. The number of imidazole rings is 1. The van der Waals surface area contributed by atoms with Crippen molar-refractivity contribution in [2.24, 2.45) is 0 Å². The number of aliphatic hydroxyl groups excluding tert-OH is 1. The number of aromatic nitrogens is 2. The van der Waals surface area contributed by atoms with Gasteiger partial charge in [0, 0.05) is 12.6 Å². The summed E-state index contributed by atoms with van der Waals surface area (Å²) in [5, 5.41) is 9.45. The second kappa shape index (κ2) is 5.49. The highest BCUT2D eigenvalue weighted by atomic mass is 32.2. The molecule has 2 aromatic rings. The SMILES string of the molecule is C#CC(O)Cc1cncn1S(=O)(=O)c1ccc(C)cc1. The van der Waals surface area contributed by atoms with E-state index in [1.165, 1.54) is 24.7 Å². The molecule has 0 aliphatic heterocycles. The van der Waals surface area contributed by atoms with Crippen LogP contribution in [0.4, 0.5) is 0 Å². The molecule has 1 atom stereocenters. The summed E-state index contributed by atoms with van der Waals surface area (Å²) in [6.07, 6.45) is 6.67. The molecule has 1 aromatic heterocycles. The van der Waals surface area contributed by atoms with Gasteiger partial charge in [-0.15, -0.1) is 6.42 Å². The van der Waals surface area contributed by atoms with Gasteiger partial charge in [-0.25, -0.2) is 17.4 Å². The second-order valence-electron chi connectivity index (χ2n) is 4.39. The summed E-state index contributed by atoms with van der Waals surface area (Å²) in [5.74, 6) is 2.15. The molecule has 0 bridgehead atoms. The fourth-order valence-corrected chi connectivity index (χ4v) is 3.07. The number of nitrogens with zero attached hydrogens (tertiary/aromatic N) is 2. The van der Waals surface area contributed by atoms with E-state index in [-0.39, 0.29) is 11.3 Å². The molecule has 104 valence electrons. The van der Waals surface area contributed by atoms with Crippen molar-refractivity contribution in [3.63, 3.8) is 0 Å². The number of aryl methyl sites for hydroxylation is 1. The van der Waals surface area contributed by atoms with E-state index in [1.807, 2.05) is 6.92 Å². The van der Waals surface area contributed by atoms with Crippen LogP contribution in [0.3, 0.4) is 0 Å². The lowest BCUT2D eigenvalue weighted by molar-refractivity contribution is 0.232. The molecule has 0 aliphatic rings. The highest BCUT2D eigenvalue weighted by Gasteiger charge is 2.20. The van der Waals surface area contributed by atoms with Gasteiger partial charge in [0.1, 0.15) is 12.4 Å². The average molecular weight is 290 g/mol. The monoisotopic (exact) mass is 290 g/mol. The van der Waals surface area contributed by atoms with Crippen LogP contribution in [0.5, 0.6) is 0 Å². The van der Waals surface area contributed by atoms with Crippen LogP contribution in [0.2, 0.25) is 0 Å². The fraction of sp³-hybridized carbons (Fsp3) is 0.214. The Morgan fingerprint density at radius 2 is 2.05 bits per heavy atom. The third-order valence-electron chi connectivity index (χ3n) is 2.85. The zero-order valence-corrected chi connectivity index (χ0v) is 11.7. The summed E-state index contributed by atoms with van der Waals surface area (Å²) in [7, 11) is -3.72. The van der Waals surface area contributed by atoms with Crippen LogP contribution >= 0.6 is 0 Å². The lowest BCUT2D eigenvalue weighted by Gasteiger charge is -2.10. The molecule has 6 heteroatoms. The van der Waals surface area contributed by atoms with Crippen molar-refractivity contribution in [2.75, 3.05) is 0 Å². The molecule has 0 radical (unpaired) electrons. The first-order valence-electron chi connectivity index (χ1n) is 5.93. The molecule has 20 heavy (non-hydrogen) atoms. The molecular weight excluding hydrogens is 276 g/mol. The van der Waals surface area contributed by atoms with E-state index < -0.39 is 16.1 Å². The molecule has 0 amide bonds. The smallest absolute Gasteiger partial charge is 0.269 e.